The minimum Gasteiger partial charge on any atom is -0.482 e. The molecule has 0 saturated carbocycles. The number of ether oxygens (including phenoxy) is 1. The fourth-order valence-corrected chi connectivity index (χ4v) is 2.17. The number of H-pyrrole nitrogens is 1. The average molecular weight is 258 g/mol. The van der Waals surface area contributed by atoms with E-state index in [1.807, 2.05) is 31.2 Å². The van der Waals surface area contributed by atoms with Gasteiger partial charge >= 0.3 is 0 Å². The number of benzene rings is 1. The molecule has 0 saturated heterocycles. The van der Waals surface area contributed by atoms with E-state index in [2.05, 4.69) is 10.3 Å². The lowest BCUT2D eigenvalue weighted by Crippen LogP contribution is -2.25. The summed E-state index contributed by atoms with van der Waals surface area (Å²) in [5.74, 6) is 0.525. The highest BCUT2D eigenvalue weighted by Gasteiger charge is 2.16. The molecular formula is C14H14N2O3. The summed E-state index contributed by atoms with van der Waals surface area (Å²) in [6, 6.07) is 7.52. The Kier molecular flexibility index (Phi) is 2.76. The lowest BCUT2D eigenvalue weighted by molar-refractivity contribution is -0.118. The first-order chi connectivity index (χ1) is 9.17. The van der Waals surface area contributed by atoms with Crippen molar-refractivity contribution in [2.45, 2.75) is 13.5 Å². The van der Waals surface area contributed by atoms with Gasteiger partial charge in [-0.05, 0) is 36.8 Å². The van der Waals surface area contributed by atoms with Gasteiger partial charge in [0.05, 0.1) is 12.3 Å². The lowest BCUT2D eigenvalue weighted by atomic mass is 10.1. The van der Waals surface area contributed by atoms with E-state index < -0.39 is 0 Å². The summed E-state index contributed by atoms with van der Waals surface area (Å²) in [5, 5.41) is 12.0. The van der Waals surface area contributed by atoms with Gasteiger partial charge < -0.3 is 20.1 Å². The number of anilines is 1. The maximum Gasteiger partial charge on any atom is 0.262 e. The molecule has 5 nitrogen and oxygen atoms in total. The summed E-state index contributed by atoms with van der Waals surface area (Å²) in [5.41, 5.74) is 4.33. The number of amides is 1. The van der Waals surface area contributed by atoms with Crippen molar-refractivity contribution in [2.24, 2.45) is 0 Å². The second-order valence-corrected chi connectivity index (χ2v) is 4.54. The predicted molar refractivity (Wildman–Crippen MR) is 71.0 cm³/mol. The maximum absolute atomic E-state index is 11.3. The Morgan fingerprint density at radius 2 is 2.21 bits per heavy atom. The summed E-state index contributed by atoms with van der Waals surface area (Å²) < 4.78 is 5.31. The van der Waals surface area contributed by atoms with Crippen LogP contribution in [0.3, 0.4) is 0 Å². The van der Waals surface area contributed by atoms with Crippen LogP contribution in [-0.2, 0) is 11.4 Å². The molecule has 0 atom stereocenters. The number of hydrogen-bond donors (Lipinski definition) is 3. The van der Waals surface area contributed by atoms with Crippen molar-refractivity contribution >= 4 is 11.6 Å². The molecule has 1 aromatic carbocycles. The number of carbonyl (C=O) groups excluding carboxylic acids is 1. The molecule has 2 heterocycles. The van der Waals surface area contributed by atoms with Crippen LogP contribution in [-0.4, -0.2) is 22.6 Å². The second-order valence-electron chi connectivity index (χ2n) is 4.54. The van der Waals surface area contributed by atoms with Crippen molar-refractivity contribution in [3.05, 3.63) is 35.5 Å². The largest absolute Gasteiger partial charge is 0.482 e. The van der Waals surface area contributed by atoms with E-state index in [0.717, 1.165) is 22.5 Å². The minimum atomic E-state index is -0.150. The van der Waals surface area contributed by atoms with E-state index >= 15 is 0 Å². The molecule has 0 bridgehead atoms. The van der Waals surface area contributed by atoms with E-state index in [0.29, 0.717) is 11.4 Å². The average Bonchev–Trinajstić information content (AvgIpc) is 2.79. The van der Waals surface area contributed by atoms with Crippen LogP contribution in [0.4, 0.5) is 5.69 Å². The highest BCUT2D eigenvalue weighted by atomic mass is 16.5. The number of rotatable bonds is 2. The van der Waals surface area contributed by atoms with Crippen molar-refractivity contribution in [3.63, 3.8) is 0 Å². The molecule has 0 spiro atoms. The fourth-order valence-electron chi connectivity index (χ4n) is 2.17. The molecule has 19 heavy (non-hydrogen) atoms. The molecule has 1 aliphatic rings. The molecule has 1 aromatic heterocycles. The highest BCUT2D eigenvalue weighted by Crippen LogP contribution is 2.32. The van der Waals surface area contributed by atoms with Crippen molar-refractivity contribution in [3.8, 4) is 17.0 Å². The van der Waals surface area contributed by atoms with Gasteiger partial charge in [-0.25, -0.2) is 0 Å². The van der Waals surface area contributed by atoms with Gasteiger partial charge in [0.25, 0.3) is 5.91 Å². The summed E-state index contributed by atoms with van der Waals surface area (Å²) in [6.07, 6.45) is 0. The molecular weight excluding hydrogens is 244 g/mol. The molecule has 0 radical (unpaired) electrons. The number of aromatic nitrogens is 1. The third-order valence-corrected chi connectivity index (χ3v) is 3.22. The maximum atomic E-state index is 11.3. The zero-order valence-electron chi connectivity index (χ0n) is 10.5. The van der Waals surface area contributed by atoms with E-state index in [1.165, 1.54) is 0 Å². The zero-order valence-corrected chi connectivity index (χ0v) is 10.5. The van der Waals surface area contributed by atoms with Crippen LogP contribution in [0.2, 0.25) is 0 Å². The second kappa shape index (κ2) is 4.44. The molecule has 3 rings (SSSR count). The molecule has 98 valence electrons. The van der Waals surface area contributed by atoms with Crippen molar-refractivity contribution in [1.82, 2.24) is 4.98 Å². The number of aliphatic hydroxyl groups excluding tert-OH is 1. The van der Waals surface area contributed by atoms with E-state index in [4.69, 9.17) is 4.74 Å². The summed E-state index contributed by atoms with van der Waals surface area (Å²) in [6.45, 7) is 1.98. The van der Waals surface area contributed by atoms with Gasteiger partial charge in [0.15, 0.2) is 6.61 Å². The number of aromatic amines is 1. The number of aliphatic hydroxyl groups is 1. The number of hydrogen-bond acceptors (Lipinski definition) is 3. The van der Waals surface area contributed by atoms with Crippen molar-refractivity contribution < 1.29 is 14.6 Å². The Morgan fingerprint density at radius 3 is 2.95 bits per heavy atom. The molecule has 0 fully saturated rings. The summed E-state index contributed by atoms with van der Waals surface area (Å²) in [4.78, 5) is 14.5. The monoisotopic (exact) mass is 258 g/mol. The Labute approximate surface area is 110 Å². The Morgan fingerprint density at radius 1 is 1.37 bits per heavy atom. The fraction of sp³-hybridized carbons (Fsp3) is 0.214. The summed E-state index contributed by atoms with van der Waals surface area (Å²) >= 11 is 0. The van der Waals surface area contributed by atoms with Gasteiger partial charge in [0, 0.05) is 17.0 Å². The SMILES string of the molecule is Cc1[nH]c(-c2ccc3c(c2)NC(=O)CO3)cc1CO. The standard InChI is InChI=1S/C14H14N2O3/c1-8-10(6-17)5-11(15-8)9-2-3-13-12(4-9)16-14(18)7-19-13/h2-5,15,17H,6-7H2,1H3,(H,16,18). The predicted octanol–water partition coefficient (Wildman–Crippen LogP) is 1.81. The van der Waals surface area contributed by atoms with Crippen LogP contribution in [0.15, 0.2) is 24.3 Å². The molecule has 1 amide bonds. The van der Waals surface area contributed by atoms with Crippen LogP contribution in [0.25, 0.3) is 11.3 Å². The van der Waals surface area contributed by atoms with Gasteiger partial charge in [-0.15, -0.1) is 0 Å². The minimum absolute atomic E-state index is 0.00706. The summed E-state index contributed by atoms with van der Waals surface area (Å²) in [7, 11) is 0. The van der Waals surface area contributed by atoms with Crippen LogP contribution >= 0.6 is 0 Å². The first kappa shape index (κ1) is 11.8. The van der Waals surface area contributed by atoms with E-state index in [1.54, 1.807) is 0 Å². The van der Waals surface area contributed by atoms with E-state index in [-0.39, 0.29) is 19.1 Å². The Balaban J connectivity index is 2.01. The van der Waals surface area contributed by atoms with Crippen molar-refractivity contribution in [2.75, 3.05) is 11.9 Å². The van der Waals surface area contributed by atoms with Gasteiger partial charge in [0.1, 0.15) is 5.75 Å². The third-order valence-electron chi connectivity index (χ3n) is 3.22. The van der Waals surface area contributed by atoms with Gasteiger partial charge in [-0.1, -0.05) is 0 Å². The van der Waals surface area contributed by atoms with Crippen LogP contribution in [0, 0.1) is 6.92 Å². The molecule has 0 unspecified atom stereocenters. The third kappa shape index (κ3) is 2.08. The lowest BCUT2D eigenvalue weighted by Gasteiger charge is -2.18. The van der Waals surface area contributed by atoms with Gasteiger partial charge in [0.2, 0.25) is 0 Å². The van der Waals surface area contributed by atoms with E-state index in [9.17, 15) is 9.90 Å². The zero-order chi connectivity index (χ0) is 13.4. The van der Waals surface area contributed by atoms with Crippen LogP contribution < -0.4 is 10.1 Å². The molecule has 0 aliphatic carbocycles. The molecule has 2 aromatic rings. The van der Waals surface area contributed by atoms with Gasteiger partial charge in [-0.3, -0.25) is 4.79 Å². The highest BCUT2D eigenvalue weighted by molar-refractivity contribution is 5.96. The number of fused-ring (bicyclic) bond motifs is 1. The smallest absolute Gasteiger partial charge is 0.262 e. The van der Waals surface area contributed by atoms with Crippen LogP contribution in [0.1, 0.15) is 11.3 Å². The van der Waals surface area contributed by atoms with Crippen molar-refractivity contribution in [1.29, 1.82) is 0 Å². The number of nitrogens with one attached hydrogen (secondary N) is 2. The first-order valence-electron chi connectivity index (χ1n) is 6.04. The molecule has 5 heteroatoms. The quantitative estimate of drug-likeness (QED) is 0.769. The van der Waals surface area contributed by atoms with Gasteiger partial charge in [-0.2, -0.15) is 0 Å². The first-order valence-corrected chi connectivity index (χ1v) is 6.04. The number of carbonyl (C=O) groups is 1. The topological polar surface area (TPSA) is 74.4 Å². The number of aryl methyl sites for hydroxylation is 1. The Bertz CT molecular complexity index is 646. The van der Waals surface area contributed by atoms with Crippen LogP contribution in [0.5, 0.6) is 5.75 Å². The molecule has 3 N–H and O–H groups in total. The normalized spacial score (nSPS) is 13.7. The Hall–Kier alpha value is -2.27. The molecule has 1 aliphatic heterocycles.